The Kier molecular flexibility index (Phi) is 8.86. The standard InChI is InChI=1S/C28H24Cl2N4O4S/c1-19-8-11-22(12-9-19)39(37,38)34(26-15-21(29)10-13-24(26)30)18-27(35)33-25-7-3-2-6-23(25)28(36)32-17-20-5-4-14-31-16-20/h2-16H,17-18H2,1H3,(H,32,36)(H,33,35). The van der Waals surface area contributed by atoms with Gasteiger partial charge in [-0.25, -0.2) is 8.42 Å². The van der Waals surface area contributed by atoms with Gasteiger partial charge in [0.15, 0.2) is 0 Å². The van der Waals surface area contributed by atoms with Crippen LogP contribution in [0, 0.1) is 6.92 Å². The maximum absolute atomic E-state index is 13.7. The molecule has 0 unspecified atom stereocenters. The van der Waals surface area contributed by atoms with Crippen LogP contribution in [0.5, 0.6) is 0 Å². The summed E-state index contributed by atoms with van der Waals surface area (Å²) >= 11 is 12.5. The number of rotatable bonds is 9. The minimum Gasteiger partial charge on any atom is -0.348 e. The number of halogens is 2. The highest BCUT2D eigenvalue weighted by Gasteiger charge is 2.29. The van der Waals surface area contributed by atoms with Gasteiger partial charge in [-0.05, 0) is 61.0 Å². The van der Waals surface area contributed by atoms with E-state index in [1.165, 1.54) is 30.3 Å². The fourth-order valence-corrected chi connectivity index (χ4v) is 5.57. The Morgan fingerprint density at radius 3 is 2.41 bits per heavy atom. The SMILES string of the molecule is Cc1ccc(S(=O)(=O)N(CC(=O)Nc2ccccc2C(=O)NCc2cccnc2)c2cc(Cl)ccc2Cl)cc1. The molecule has 0 fully saturated rings. The quantitative estimate of drug-likeness (QED) is 0.272. The Morgan fingerprint density at radius 2 is 1.69 bits per heavy atom. The van der Waals surface area contributed by atoms with Gasteiger partial charge >= 0.3 is 0 Å². The first-order valence-electron chi connectivity index (χ1n) is 11.8. The van der Waals surface area contributed by atoms with Crippen LogP contribution < -0.4 is 14.9 Å². The number of amides is 2. The van der Waals surface area contributed by atoms with Crippen LogP contribution in [0.15, 0.2) is 96.2 Å². The zero-order chi connectivity index (χ0) is 28.0. The third kappa shape index (κ3) is 6.94. The second kappa shape index (κ2) is 12.3. The molecule has 0 bridgehead atoms. The molecule has 0 atom stereocenters. The van der Waals surface area contributed by atoms with Gasteiger partial charge in [-0.1, -0.05) is 59.1 Å². The Labute approximate surface area is 236 Å². The first-order valence-corrected chi connectivity index (χ1v) is 13.9. The fourth-order valence-electron chi connectivity index (χ4n) is 3.70. The molecule has 200 valence electrons. The van der Waals surface area contributed by atoms with Gasteiger partial charge in [0.25, 0.3) is 15.9 Å². The van der Waals surface area contributed by atoms with Crippen molar-refractivity contribution in [3.05, 3.63) is 118 Å². The Bertz CT molecular complexity index is 1600. The lowest BCUT2D eigenvalue weighted by Gasteiger charge is -2.25. The second-order valence-electron chi connectivity index (χ2n) is 8.56. The molecule has 0 spiro atoms. The monoisotopic (exact) mass is 582 g/mol. The molecule has 8 nitrogen and oxygen atoms in total. The molecule has 0 radical (unpaired) electrons. The maximum atomic E-state index is 13.7. The summed E-state index contributed by atoms with van der Waals surface area (Å²) in [6, 6.07) is 20.6. The van der Waals surface area contributed by atoms with Crippen molar-refractivity contribution in [2.75, 3.05) is 16.2 Å². The van der Waals surface area contributed by atoms with Gasteiger partial charge in [0.1, 0.15) is 6.54 Å². The number of benzene rings is 3. The van der Waals surface area contributed by atoms with Crippen LogP contribution in [0.3, 0.4) is 0 Å². The van der Waals surface area contributed by atoms with Crippen LogP contribution in [0.1, 0.15) is 21.5 Å². The van der Waals surface area contributed by atoms with Gasteiger partial charge in [0.2, 0.25) is 5.91 Å². The van der Waals surface area contributed by atoms with Crippen molar-refractivity contribution in [2.24, 2.45) is 0 Å². The molecule has 4 rings (SSSR count). The van der Waals surface area contributed by atoms with Crippen molar-refractivity contribution in [3.63, 3.8) is 0 Å². The minimum absolute atomic E-state index is 0.0212. The van der Waals surface area contributed by atoms with Crippen LogP contribution in [0.4, 0.5) is 11.4 Å². The van der Waals surface area contributed by atoms with Crippen molar-refractivity contribution in [2.45, 2.75) is 18.4 Å². The molecule has 39 heavy (non-hydrogen) atoms. The number of pyridine rings is 1. The van der Waals surface area contributed by atoms with Gasteiger partial charge in [-0.15, -0.1) is 0 Å². The van der Waals surface area contributed by atoms with E-state index in [1.54, 1.807) is 54.9 Å². The summed E-state index contributed by atoms with van der Waals surface area (Å²) in [5, 5.41) is 5.79. The number of aromatic nitrogens is 1. The molecule has 11 heteroatoms. The molecule has 1 aromatic heterocycles. The molecule has 0 aliphatic carbocycles. The van der Waals surface area contributed by atoms with E-state index in [4.69, 9.17) is 23.2 Å². The topological polar surface area (TPSA) is 108 Å². The maximum Gasteiger partial charge on any atom is 0.264 e. The molecule has 3 aromatic carbocycles. The smallest absolute Gasteiger partial charge is 0.264 e. The van der Waals surface area contributed by atoms with Crippen LogP contribution in [-0.4, -0.2) is 31.8 Å². The van der Waals surface area contributed by atoms with Crippen molar-refractivity contribution in [1.82, 2.24) is 10.3 Å². The van der Waals surface area contributed by atoms with E-state index >= 15 is 0 Å². The van der Waals surface area contributed by atoms with Crippen LogP contribution in [0.2, 0.25) is 10.0 Å². The third-order valence-corrected chi connectivity index (χ3v) is 8.02. The zero-order valence-corrected chi connectivity index (χ0v) is 23.1. The average molecular weight is 583 g/mol. The van der Waals surface area contributed by atoms with E-state index in [0.717, 1.165) is 15.4 Å². The van der Waals surface area contributed by atoms with Gasteiger partial charge in [0.05, 0.1) is 26.9 Å². The number of nitrogens with zero attached hydrogens (tertiary/aromatic N) is 2. The molecule has 1 heterocycles. The molecular weight excluding hydrogens is 559 g/mol. The van der Waals surface area contributed by atoms with E-state index in [9.17, 15) is 18.0 Å². The fraction of sp³-hybridized carbons (Fsp3) is 0.107. The van der Waals surface area contributed by atoms with E-state index in [-0.39, 0.29) is 38.4 Å². The lowest BCUT2D eigenvalue weighted by Crippen LogP contribution is -2.38. The van der Waals surface area contributed by atoms with Gasteiger partial charge in [-0.2, -0.15) is 0 Å². The molecule has 2 N–H and O–H groups in total. The highest BCUT2D eigenvalue weighted by molar-refractivity contribution is 7.92. The van der Waals surface area contributed by atoms with Crippen molar-refractivity contribution >= 4 is 56.4 Å². The summed E-state index contributed by atoms with van der Waals surface area (Å²) < 4.78 is 28.2. The Balaban J connectivity index is 1.60. The number of hydrogen-bond acceptors (Lipinski definition) is 5. The number of carbonyl (C=O) groups excluding carboxylic acids is 2. The van der Waals surface area contributed by atoms with Crippen LogP contribution in [-0.2, 0) is 21.4 Å². The molecule has 0 aliphatic heterocycles. The number of nitrogens with one attached hydrogen (secondary N) is 2. The molecule has 0 saturated heterocycles. The van der Waals surface area contributed by atoms with E-state index in [0.29, 0.717) is 0 Å². The Hall–Kier alpha value is -3.92. The summed E-state index contributed by atoms with van der Waals surface area (Å²) in [5.41, 5.74) is 2.15. The van der Waals surface area contributed by atoms with Crippen molar-refractivity contribution < 1.29 is 18.0 Å². The largest absolute Gasteiger partial charge is 0.348 e. The lowest BCUT2D eigenvalue weighted by molar-refractivity contribution is -0.114. The van der Waals surface area contributed by atoms with Gasteiger partial charge in [-0.3, -0.25) is 18.9 Å². The number of sulfonamides is 1. The Morgan fingerprint density at radius 1 is 0.949 bits per heavy atom. The number of aryl methyl sites for hydroxylation is 1. The molecule has 0 aliphatic rings. The molecule has 4 aromatic rings. The molecule has 2 amide bonds. The number of hydrogen-bond donors (Lipinski definition) is 2. The lowest BCUT2D eigenvalue weighted by atomic mass is 10.1. The summed E-state index contributed by atoms with van der Waals surface area (Å²) in [5.74, 6) is -1.11. The number of anilines is 2. The minimum atomic E-state index is -4.22. The molecule has 0 saturated carbocycles. The van der Waals surface area contributed by atoms with Gasteiger partial charge in [0, 0.05) is 24.0 Å². The van der Waals surface area contributed by atoms with Crippen molar-refractivity contribution in [3.8, 4) is 0 Å². The summed E-state index contributed by atoms with van der Waals surface area (Å²) in [7, 11) is -4.22. The van der Waals surface area contributed by atoms with Crippen LogP contribution in [0.25, 0.3) is 0 Å². The third-order valence-electron chi connectivity index (χ3n) is 5.69. The first-order chi connectivity index (χ1) is 18.6. The number of para-hydroxylation sites is 1. The normalized spacial score (nSPS) is 11.1. The molecular formula is C28H24Cl2N4O4S. The highest BCUT2D eigenvalue weighted by atomic mass is 35.5. The van der Waals surface area contributed by atoms with Gasteiger partial charge < -0.3 is 10.6 Å². The predicted molar refractivity (Wildman–Crippen MR) is 153 cm³/mol. The van der Waals surface area contributed by atoms with E-state index in [2.05, 4.69) is 15.6 Å². The summed E-state index contributed by atoms with van der Waals surface area (Å²) in [4.78, 5) is 30.1. The summed E-state index contributed by atoms with van der Waals surface area (Å²) in [6.07, 6.45) is 3.27. The first kappa shape index (κ1) is 28.1. The highest BCUT2D eigenvalue weighted by Crippen LogP contribution is 2.33. The average Bonchev–Trinajstić information content (AvgIpc) is 2.93. The number of carbonyl (C=O) groups is 2. The second-order valence-corrected chi connectivity index (χ2v) is 11.3. The van der Waals surface area contributed by atoms with E-state index < -0.39 is 28.4 Å². The zero-order valence-electron chi connectivity index (χ0n) is 20.8. The van der Waals surface area contributed by atoms with Crippen molar-refractivity contribution in [1.29, 1.82) is 0 Å². The van der Waals surface area contributed by atoms with E-state index in [1.807, 2.05) is 13.0 Å². The summed E-state index contributed by atoms with van der Waals surface area (Å²) in [6.45, 7) is 1.45. The predicted octanol–water partition coefficient (Wildman–Crippen LogP) is 5.46. The van der Waals surface area contributed by atoms with Crippen LogP contribution >= 0.6 is 23.2 Å².